The average molecular weight is 400 g/mol. The third kappa shape index (κ3) is 3.45. The summed E-state index contributed by atoms with van der Waals surface area (Å²) in [6, 6.07) is 6.00. The van der Waals surface area contributed by atoms with Crippen molar-refractivity contribution in [1.29, 1.82) is 0 Å². The summed E-state index contributed by atoms with van der Waals surface area (Å²) in [5.41, 5.74) is 2.63. The molecule has 0 amide bonds. The Balaban J connectivity index is 2.25. The minimum atomic E-state index is -4.70. The summed E-state index contributed by atoms with van der Waals surface area (Å²) in [5, 5.41) is 9.12. The van der Waals surface area contributed by atoms with Crippen molar-refractivity contribution in [2.24, 2.45) is 0 Å². The predicted molar refractivity (Wildman–Crippen MR) is 88.6 cm³/mol. The van der Waals surface area contributed by atoms with E-state index in [1.165, 1.54) is 0 Å². The number of carboxylic acid groups (broad SMARTS) is 1. The first-order chi connectivity index (χ1) is 12.9. The Morgan fingerprint density at radius 1 is 0.893 bits per heavy atom. The van der Waals surface area contributed by atoms with Crippen LogP contribution < -0.4 is 5.73 Å². The molecule has 1 heterocycles. The SMILES string of the molecule is Nc1c(-c2ccc(C(F)(F)F)cc2)nc2ccc(C(F)(F)F)cc2c1C(=O)O. The molecular formula is C18H10F6N2O2. The molecule has 0 spiro atoms. The number of aromatic carboxylic acids is 1. The van der Waals surface area contributed by atoms with Gasteiger partial charge in [-0.05, 0) is 30.3 Å². The number of anilines is 1. The van der Waals surface area contributed by atoms with E-state index in [0.717, 1.165) is 36.4 Å². The van der Waals surface area contributed by atoms with E-state index in [9.17, 15) is 36.2 Å². The lowest BCUT2D eigenvalue weighted by Crippen LogP contribution is -2.10. The van der Waals surface area contributed by atoms with Crippen molar-refractivity contribution in [1.82, 2.24) is 4.98 Å². The summed E-state index contributed by atoms with van der Waals surface area (Å²) < 4.78 is 76.9. The number of rotatable bonds is 2. The van der Waals surface area contributed by atoms with E-state index in [1.807, 2.05) is 0 Å². The number of hydrogen-bond donors (Lipinski definition) is 2. The number of fused-ring (bicyclic) bond motifs is 1. The summed E-state index contributed by atoms with van der Waals surface area (Å²) in [7, 11) is 0. The largest absolute Gasteiger partial charge is 0.478 e. The maximum Gasteiger partial charge on any atom is 0.416 e. The standard InChI is InChI=1S/C18H10F6N2O2/c19-17(20,21)9-3-1-8(2-4-9)15-14(25)13(16(27)28)11-7-10(18(22,23)24)5-6-12(11)26-15/h1-7H,25H2,(H,27,28). The van der Waals surface area contributed by atoms with Gasteiger partial charge in [-0.3, -0.25) is 0 Å². The number of benzene rings is 2. The number of halogens is 6. The van der Waals surface area contributed by atoms with E-state index in [4.69, 9.17) is 5.73 Å². The Morgan fingerprint density at radius 3 is 1.93 bits per heavy atom. The number of pyridine rings is 1. The fraction of sp³-hybridized carbons (Fsp3) is 0.111. The second kappa shape index (κ2) is 6.39. The van der Waals surface area contributed by atoms with Crippen molar-refractivity contribution < 1.29 is 36.2 Å². The van der Waals surface area contributed by atoms with Crippen LogP contribution in [0.25, 0.3) is 22.2 Å². The molecule has 0 atom stereocenters. The molecule has 0 unspecified atom stereocenters. The molecule has 0 saturated heterocycles. The van der Waals surface area contributed by atoms with Crippen LogP contribution in [0.4, 0.5) is 32.0 Å². The Labute approximate surface area is 153 Å². The molecule has 0 fully saturated rings. The Morgan fingerprint density at radius 2 is 1.43 bits per heavy atom. The zero-order chi connectivity index (χ0) is 20.9. The Hall–Kier alpha value is -3.30. The molecule has 28 heavy (non-hydrogen) atoms. The molecule has 2 aromatic carbocycles. The van der Waals surface area contributed by atoms with Crippen LogP contribution in [0.3, 0.4) is 0 Å². The molecule has 0 aliphatic rings. The van der Waals surface area contributed by atoms with Gasteiger partial charge < -0.3 is 10.8 Å². The fourth-order valence-corrected chi connectivity index (χ4v) is 2.72. The zero-order valence-corrected chi connectivity index (χ0v) is 13.7. The topological polar surface area (TPSA) is 76.2 Å². The summed E-state index contributed by atoms with van der Waals surface area (Å²) >= 11 is 0. The summed E-state index contributed by atoms with van der Waals surface area (Å²) in [6.45, 7) is 0. The van der Waals surface area contributed by atoms with Gasteiger partial charge in [0.25, 0.3) is 0 Å². The van der Waals surface area contributed by atoms with Crippen molar-refractivity contribution in [3.05, 3.63) is 59.2 Å². The van der Waals surface area contributed by atoms with Gasteiger partial charge in [-0.2, -0.15) is 26.3 Å². The lowest BCUT2D eigenvalue weighted by atomic mass is 9.99. The average Bonchev–Trinajstić information content (AvgIpc) is 2.59. The van der Waals surface area contributed by atoms with Gasteiger partial charge in [0, 0.05) is 10.9 Å². The molecule has 3 aromatic rings. The Bertz CT molecular complexity index is 1070. The molecular weight excluding hydrogens is 390 g/mol. The van der Waals surface area contributed by atoms with Crippen molar-refractivity contribution in [3.63, 3.8) is 0 Å². The predicted octanol–water partition coefficient (Wildman–Crippen LogP) is 5.22. The highest BCUT2D eigenvalue weighted by atomic mass is 19.4. The quantitative estimate of drug-likeness (QED) is 0.579. The summed E-state index contributed by atoms with van der Waals surface area (Å²) in [6.07, 6.45) is -9.27. The lowest BCUT2D eigenvalue weighted by Gasteiger charge is -2.14. The van der Waals surface area contributed by atoms with E-state index in [1.54, 1.807) is 0 Å². The first kappa shape index (κ1) is 19.5. The van der Waals surface area contributed by atoms with Crippen molar-refractivity contribution in [2.45, 2.75) is 12.4 Å². The number of nitrogens with two attached hydrogens (primary N) is 1. The van der Waals surface area contributed by atoms with Crippen LogP contribution in [0.5, 0.6) is 0 Å². The minimum absolute atomic E-state index is 0.0884. The van der Waals surface area contributed by atoms with Gasteiger partial charge in [0.1, 0.15) is 0 Å². The van der Waals surface area contributed by atoms with E-state index in [-0.39, 0.29) is 22.2 Å². The van der Waals surface area contributed by atoms with Gasteiger partial charge in [-0.1, -0.05) is 12.1 Å². The highest BCUT2D eigenvalue weighted by molar-refractivity contribution is 6.10. The van der Waals surface area contributed by atoms with Crippen LogP contribution in [-0.4, -0.2) is 16.1 Å². The highest BCUT2D eigenvalue weighted by Gasteiger charge is 2.32. The molecule has 3 N–H and O–H groups in total. The number of nitrogens with zero attached hydrogens (tertiary/aromatic N) is 1. The maximum absolute atomic E-state index is 12.9. The van der Waals surface area contributed by atoms with Crippen molar-refractivity contribution in [2.75, 3.05) is 5.73 Å². The molecule has 3 rings (SSSR count). The van der Waals surface area contributed by atoms with E-state index < -0.39 is 40.7 Å². The molecule has 0 saturated carbocycles. The smallest absolute Gasteiger partial charge is 0.416 e. The van der Waals surface area contributed by atoms with Crippen LogP contribution in [0, 0.1) is 0 Å². The number of aromatic nitrogens is 1. The molecule has 1 aromatic heterocycles. The van der Waals surface area contributed by atoms with Gasteiger partial charge in [0.15, 0.2) is 0 Å². The summed E-state index contributed by atoms with van der Waals surface area (Å²) in [5.74, 6) is -1.59. The Kier molecular flexibility index (Phi) is 4.44. The third-order valence-corrected chi connectivity index (χ3v) is 4.05. The monoisotopic (exact) mass is 400 g/mol. The fourth-order valence-electron chi connectivity index (χ4n) is 2.72. The normalized spacial score (nSPS) is 12.4. The van der Waals surface area contributed by atoms with Crippen LogP contribution in [-0.2, 0) is 12.4 Å². The van der Waals surface area contributed by atoms with E-state index in [0.29, 0.717) is 6.07 Å². The second-order valence-corrected chi connectivity index (χ2v) is 5.86. The first-order valence-corrected chi connectivity index (χ1v) is 7.61. The molecule has 0 bridgehead atoms. The number of alkyl halides is 6. The lowest BCUT2D eigenvalue weighted by molar-refractivity contribution is -0.138. The molecule has 10 heteroatoms. The van der Waals surface area contributed by atoms with Gasteiger partial charge in [-0.15, -0.1) is 0 Å². The molecule has 0 aliphatic heterocycles. The molecule has 4 nitrogen and oxygen atoms in total. The van der Waals surface area contributed by atoms with Crippen LogP contribution in [0.1, 0.15) is 21.5 Å². The van der Waals surface area contributed by atoms with Gasteiger partial charge >= 0.3 is 18.3 Å². The first-order valence-electron chi connectivity index (χ1n) is 7.61. The zero-order valence-electron chi connectivity index (χ0n) is 13.7. The van der Waals surface area contributed by atoms with Crippen molar-refractivity contribution in [3.8, 4) is 11.3 Å². The second-order valence-electron chi connectivity index (χ2n) is 5.86. The van der Waals surface area contributed by atoms with Gasteiger partial charge in [-0.25, -0.2) is 9.78 Å². The maximum atomic E-state index is 12.9. The number of carbonyl (C=O) groups is 1. The van der Waals surface area contributed by atoms with E-state index >= 15 is 0 Å². The number of carboxylic acids is 1. The van der Waals surface area contributed by atoms with Crippen LogP contribution in [0.2, 0.25) is 0 Å². The van der Waals surface area contributed by atoms with E-state index in [2.05, 4.69) is 4.98 Å². The van der Waals surface area contributed by atoms with Crippen molar-refractivity contribution >= 4 is 22.6 Å². The minimum Gasteiger partial charge on any atom is -0.478 e. The molecule has 0 aliphatic carbocycles. The van der Waals surface area contributed by atoms with Gasteiger partial charge in [0.2, 0.25) is 0 Å². The number of nitrogen functional groups attached to an aromatic ring is 1. The van der Waals surface area contributed by atoms with Crippen LogP contribution in [0.15, 0.2) is 42.5 Å². The van der Waals surface area contributed by atoms with Crippen LogP contribution >= 0.6 is 0 Å². The highest BCUT2D eigenvalue weighted by Crippen LogP contribution is 2.37. The summed E-state index contributed by atoms with van der Waals surface area (Å²) in [4.78, 5) is 15.7. The third-order valence-electron chi connectivity index (χ3n) is 4.05. The number of hydrogen-bond acceptors (Lipinski definition) is 3. The molecule has 146 valence electrons. The molecule has 0 radical (unpaired) electrons. The van der Waals surface area contributed by atoms with Gasteiger partial charge in [0.05, 0.1) is 33.6 Å².